The predicted octanol–water partition coefficient (Wildman–Crippen LogP) is 2.45. The third-order valence-electron chi connectivity index (χ3n) is 3.50. The molecule has 0 spiro atoms. The zero-order valence-electron chi connectivity index (χ0n) is 11.7. The van der Waals surface area contributed by atoms with Crippen molar-refractivity contribution in [3.05, 3.63) is 29.3 Å². The standard InChI is InChI=1S/C15H21ClN2O2/c1-2-5-13(17)15(19)18-9-8-11(10-18)20-14-7-4-3-6-12(14)16/h3-4,6-7,11,13H,2,5,8-10,17H2,1H3/t11-,13+/m0/s1. The number of halogens is 1. The van der Waals surface area contributed by atoms with Crippen molar-refractivity contribution in [1.29, 1.82) is 0 Å². The summed E-state index contributed by atoms with van der Waals surface area (Å²) >= 11 is 6.07. The number of hydrogen-bond acceptors (Lipinski definition) is 3. The Bertz CT molecular complexity index is 467. The number of benzene rings is 1. The number of ether oxygens (including phenoxy) is 1. The minimum Gasteiger partial charge on any atom is -0.487 e. The summed E-state index contributed by atoms with van der Waals surface area (Å²) < 4.78 is 5.86. The van der Waals surface area contributed by atoms with E-state index in [0.717, 1.165) is 19.3 Å². The maximum atomic E-state index is 12.1. The van der Waals surface area contributed by atoms with Crippen molar-refractivity contribution in [2.75, 3.05) is 13.1 Å². The fraction of sp³-hybridized carbons (Fsp3) is 0.533. The van der Waals surface area contributed by atoms with Crippen molar-refractivity contribution < 1.29 is 9.53 Å². The second kappa shape index (κ2) is 6.95. The van der Waals surface area contributed by atoms with Gasteiger partial charge in [0.15, 0.2) is 0 Å². The number of rotatable bonds is 5. The first-order chi connectivity index (χ1) is 9.61. The van der Waals surface area contributed by atoms with E-state index in [2.05, 4.69) is 0 Å². The molecule has 1 aromatic carbocycles. The summed E-state index contributed by atoms with van der Waals surface area (Å²) in [5.74, 6) is 0.698. The highest BCUT2D eigenvalue weighted by Gasteiger charge is 2.30. The summed E-state index contributed by atoms with van der Waals surface area (Å²) in [6.45, 7) is 3.31. The Hall–Kier alpha value is -1.26. The maximum absolute atomic E-state index is 12.1. The predicted molar refractivity (Wildman–Crippen MR) is 79.9 cm³/mol. The Morgan fingerprint density at radius 2 is 2.30 bits per heavy atom. The molecule has 5 heteroatoms. The van der Waals surface area contributed by atoms with E-state index in [1.165, 1.54) is 0 Å². The van der Waals surface area contributed by atoms with E-state index in [1.807, 2.05) is 25.1 Å². The van der Waals surface area contributed by atoms with E-state index in [-0.39, 0.29) is 18.1 Å². The molecule has 2 N–H and O–H groups in total. The van der Waals surface area contributed by atoms with Crippen LogP contribution in [0.4, 0.5) is 0 Å². The number of nitrogens with zero attached hydrogens (tertiary/aromatic N) is 1. The first-order valence-corrected chi connectivity index (χ1v) is 7.45. The lowest BCUT2D eigenvalue weighted by atomic mass is 10.1. The van der Waals surface area contributed by atoms with E-state index in [1.54, 1.807) is 11.0 Å². The van der Waals surface area contributed by atoms with Crippen molar-refractivity contribution in [1.82, 2.24) is 4.90 Å². The average Bonchev–Trinajstić information content (AvgIpc) is 2.89. The molecule has 2 atom stereocenters. The fourth-order valence-electron chi connectivity index (χ4n) is 2.41. The van der Waals surface area contributed by atoms with Crippen LogP contribution in [0.1, 0.15) is 26.2 Å². The molecule has 1 heterocycles. The van der Waals surface area contributed by atoms with Gasteiger partial charge < -0.3 is 15.4 Å². The fourth-order valence-corrected chi connectivity index (χ4v) is 2.59. The quantitative estimate of drug-likeness (QED) is 0.908. The van der Waals surface area contributed by atoms with Gasteiger partial charge in [0, 0.05) is 13.0 Å². The molecule has 1 aliphatic heterocycles. The minimum atomic E-state index is -0.390. The third kappa shape index (κ3) is 3.64. The van der Waals surface area contributed by atoms with Crippen molar-refractivity contribution in [3.63, 3.8) is 0 Å². The first-order valence-electron chi connectivity index (χ1n) is 7.07. The van der Waals surface area contributed by atoms with Crippen molar-refractivity contribution >= 4 is 17.5 Å². The molecule has 0 saturated carbocycles. The molecule has 1 aliphatic rings. The Morgan fingerprint density at radius 3 is 3.00 bits per heavy atom. The van der Waals surface area contributed by atoms with Gasteiger partial charge in [-0.3, -0.25) is 4.79 Å². The molecule has 1 aromatic rings. The molecule has 110 valence electrons. The topological polar surface area (TPSA) is 55.6 Å². The van der Waals surface area contributed by atoms with Crippen molar-refractivity contribution in [2.24, 2.45) is 5.73 Å². The minimum absolute atomic E-state index is 0.00678. The van der Waals surface area contributed by atoms with E-state index >= 15 is 0 Å². The largest absolute Gasteiger partial charge is 0.487 e. The zero-order chi connectivity index (χ0) is 14.5. The molecule has 0 radical (unpaired) electrons. The summed E-state index contributed by atoms with van der Waals surface area (Å²) in [7, 11) is 0. The van der Waals surface area contributed by atoms with Gasteiger partial charge >= 0.3 is 0 Å². The second-order valence-electron chi connectivity index (χ2n) is 5.14. The number of hydrogen-bond donors (Lipinski definition) is 1. The molecular formula is C15H21ClN2O2. The van der Waals surface area contributed by atoms with Gasteiger partial charge in [-0.25, -0.2) is 0 Å². The van der Waals surface area contributed by atoms with E-state index in [9.17, 15) is 4.79 Å². The van der Waals surface area contributed by atoms with Gasteiger partial charge in [-0.15, -0.1) is 0 Å². The Labute approximate surface area is 124 Å². The summed E-state index contributed by atoms with van der Waals surface area (Å²) in [5.41, 5.74) is 5.88. The SMILES string of the molecule is CCC[C@@H](N)C(=O)N1CC[C@H](Oc2ccccc2Cl)C1. The number of likely N-dealkylation sites (tertiary alicyclic amines) is 1. The van der Waals surface area contributed by atoms with Crippen LogP contribution in [0.25, 0.3) is 0 Å². The third-order valence-corrected chi connectivity index (χ3v) is 3.82. The number of para-hydroxylation sites is 1. The lowest BCUT2D eigenvalue weighted by molar-refractivity contribution is -0.132. The molecular weight excluding hydrogens is 276 g/mol. The van der Waals surface area contributed by atoms with Crippen LogP contribution in [0.2, 0.25) is 5.02 Å². The number of amides is 1. The van der Waals surface area contributed by atoms with Crippen LogP contribution in [-0.4, -0.2) is 36.0 Å². The van der Waals surface area contributed by atoms with E-state index < -0.39 is 0 Å². The lowest BCUT2D eigenvalue weighted by Gasteiger charge is -2.21. The molecule has 1 saturated heterocycles. The van der Waals surface area contributed by atoms with Crippen molar-refractivity contribution in [2.45, 2.75) is 38.3 Å². The van der Waals surface area contributed by atoms with Crippen LogP contribution in [0, 0.1) is 0 Å². The normalized spacial score (nSPS) is 19.9. The van der Waals surface area contributed by atoms with Gasteiger partial charge in [-0.1, -0.05) is 37.1 Å². The Kier molecular flexibility index (Phi) is 5.26. The summed E-state index contributed by atoms with van der Waals surface area (Å²) in [4.78, 5) is 13.9. The molecule has 0 unspecified atom stereocenters. The molecule has 0 aromatic heterocycles. The van der Waals surface area contributed by atoms with Gasteiger partial charge in [0.1, 0.15) is 11.9 Å². The highest BCUT2D eigenvalue weighted by atomic mass is 35.5. The molecule has 2 rings (SSSR count). The number of carbonyl (C=O) groups excluding carboxylic acids is 1. The van der Waals surface area contributed by atoms with Crippen LogP contribution in [-0.2, 0) is 4.79 Å². The zero-order valence-corrected chi connectivity index (χ0v) is 12.5. The van der Waals surface area contributed by atoms with Crippen molar-refractivity contribution in [3.8, 4) is 5.75 Å². The summed E-state index contributed by atoms with van der Waals surface area (Å²) in [5, 5.41) is 0.597. The van der Waals surface area contributed by atoms with Crippen LogP contribution in [0.5, 0.6) is 5.75 Å². The second-order valence-corrected chi connectivity index (χ2v) is 5.55. The summed E-state index contributed by atoms with van der Waals surface area (Å²) in [6, 6.07) is 7.00. The highest BCUT2D eigenvalue weighted by Crippen LogP contribution is 2.26. The average molecular weight is 297 g/mol. The number of carbonyl (C=O) groups is 1. The Morgan fingerprint density at radius 1 is 1.55 bits per heavy atom. The van der Waals surface area contributed by atoms with Crippen LogP contribution in [0.3, 0.4) is 0 Å². The van der Waals surface area contributed by atoms with Crippen LogP contribution >= 0.6 is 11.6 Å². The van der Waals surface area contributed by atoms with E-state index in [4.69, 9.17) is 22.1 Å². The first kappa shape index (κ1) is 15.1. The van der Waals surface area contributed by atoms with Crippen LogP contribution in [0.15, 0.2) is 24.3 Å². The van der Waals surface area contributed by atoms with Gasteiger partial charge in [0.2, 0.25) is 5.91 Å². The summed E-state index contributed by atoms with van der Waals surface area (Å²) in [6.07, 6.45) is 2.45. The maximum Gasteiger partial charge on any atom is 0.239 e. The monoisotopic (exact) mass is 296 g/mol. The highest BCUT2D eigenvalue weighted by molar-refractivity contribution is 6.32. The van der Waals surface area contributed by atoms with Crippen LogP contribution < -0.4 is 10.5 Å². The Balaban J connectivity index is 1.89. The molecule has 0 bridgehead atoms. The molecule has 1 amide bonds. The lowest BCUT2D eigenvalue weighted by Crippen LogP contribution is -2.43. The molecule has 1 fully saturated rings. The smallest absolute Gasteiger partial charge is 0.239 e. The molecule has 0 aliphatic carbocycles. The molecule has 20 heavy (non-hydrogen) atoms. The molecule has 4 nitrogen and oxygen atoms in total. The van der Waals surface area contributed by atoms with Gasteiger partial charge in [-0.2, -0.15) is 0 Å². The van der Waals surface area contributed by atoms with Gasteiger partial charge in [0.05, 0.1) is 17.6 Å². The number of nitrogens with two attached hydrogens (primary N) is 1. The van der Waals surface area contributed by atoms with Gasteiger partial charge in [0.25, 0.3) is 0 Å². The van der Waals surface area contributed by atoms with Gasteiger partial charge in [-0.05, 0) is 18.6 Å². The van der Waals surface area contributed by atoms with E-state index in [0.29, 0.717) is 23.9 Å².